The van der Waals surface area contributed by atoms with Gasteiger partial charge in [-0.15, -0.1) is 0 Å². The molecule has 0 saturated heterocycles. The summed E-state index contributed by atoms with van der Waals surface area (Å²) in [5.74, 6) is 1.69. The Kier molecular flexibility index (Phi) is 8.09. The number of esters is 1. The second-order valence-electron chi connectivity index (χ2n) is 9.51. The van der Waals surface area contributed by atoms with Crippen molar-refractivity contribution >= 4 is 45.0 Å². The van der Waals surface area contributed by atoms with E-state index in [-0.39, 0.29) is 24.5 Å². The SMILES string of the molecule is CCOC(=O)C1=C(c2ccccc2)N=c2s/c(=C\c3cc(Br)c(OC)c(OCC)c3)c(=O)n2[C@H]1c1ccc2c(c1)OCO2. The Morgan fingerprint density at radius 2 is 1.88 bits per heavy atom. The number of aromatic nitrogens is 1. The van der Waals surface area contributed by atoms with Gasteiger partial charge in [0.15, 0.2) is 27.8 Å². The van der Waals surface area contributed by atoms with Gasteiger partial charge < -0.3 is 23.7 Å². The van der Waals surface area contributed by atoms with Crippen molar-refractivity contribution in [1.82, 2.24) is 4.57 Å². The van der Waals surface area contributed by atoms with Crippen LogP contribution in [-0.4, -0.2) is 37.7 Å². The maximum atomic E-state index is 14.2. The highest BCUT2D eigenvalue weighted by molar-refractivity contribution is 9.10. The van der Waals surface area contributed by atoms with Crippen molar-refractivity contribution in [2.24, 2.45) is 4.99 Å². The molecule has 0 amide bonds. The maximum Gasteiger partial charge on any atom is 0.338 e. The Morgan fingerprint density at radius 3 is 2.63 bits per heavy atom. The zero-order chi connectivity index (χ0) is 30.1. The fourth-order valence-electron chi connectivity index (χ4n) is 5.12. The van der Waals surface area contributed by atoms with Gasteiger partial charge in [-0.1, -0.05) is 47.7 Å². The van der Waals surface area contributed by atoms with E-state index >= 15 is 0 Å². The van der Waals surface area contributed by atoms with E-state index in [2.05, 4.69) is 15.9 Å². The average Bonchev–Trinajstić information content (AvgIpc) is 3.60. The number of methoxy groups -OCH3 is 1. The molecule has 11 heteroatoms. The Labute approximate surface area is 259 Å². The molecule has 43 heavy (non-hydrogen) atoms. The van der Waals surface area contributed by atoms with Gasteiger partial charge in [0.1, 0.15) is 0 Å². The van der Waals surface area contributed by atoms with Gasteiger partial charge in [0.25, 0.3) is 5.56 Å². The third-order valence-electron chi connectivity index (χ3n) is 6.92. The molecular weight excluding hydrogens is 636 g/mol. The molecule has 2 aliphatic heterocycles. The maximum absolute atomic E-state index is 14.2. The van der Waals surface area contributed by atoms with E-state index in [1.54, 1.807) is 36.8 Å². The van der Waals surface area contributed by atoms with Gasteiger partial charge in [0.05, 0.1) is 46.6 Å². The van der Waals surface area contributed by atoms with E-state index < -0.39 is 12.0 Å². The van der Waals surface area contributed by atoms with E-state index in [0.29, 0.717) is 54.7 Å². The molecule has 6 rings (SSSR count). The quantitative estimate of drug-likeness (QED) is 0.249. The van der Waals surface area contributed by atoms with Crippen LogP contribution in [0.2, 0.25) is 0 Å². The molecule has 0 unspecified atom stereocenters. The van der Waals surface area contributed by atoms with Crippen LogP contribution in [0, 0.1) is 0 Å². The standard InChI is InChI=1S/C32H27BrN2O7S/c1-4-39-24-14-18(13-21(33)29(24)38-3)15-25-30(36)35-28(20-11-12-22-23(16-20)42-17-41-22)26(31(37)40-5-2)27(34-32(35)43-25)19-9-7-6-8-10-19/h6-16,28H,4-5,17H2,1-3H3/b25-15-/t28-/m0/s1. The van der Waals surface area contributed by atoms with Crippen LogP contribution >= 0.6 is 27.3 Å². The number of thiazole rings is 1. The van der Waals surface area contributed by atoms with Crippen LogP contribution in [-0.2, 0) is 9.53 Å². The lowest BCUT2D eigenvalue weighted by Crippen LogP contribution is -2.40. The lowest BCUT2D eigenvalue weighted by molar-refractivity contribution is -0.138. The average molecular weight is 664 g/mol. The van der Waals surface area contributed by atoms with Crippen molar-refractivity contribution in [1.29, 1.82) is 0 Å². The van der Waals surface area contributed by atoms with Crippen LogP contribution in [0.5, 0.6) is 23.0 Å². The summed E-state index contributed by atoms with van der Waals surface area (Å²) in [5, 5.41) is 0. The first-order valence-corrected chi connectivity index (χ1v) is 15.2. The monoisotopic (exact) mass is 662 g/mol. The smallest absolute Gasteiger partial charge is 0.338 e. The van der Waals surface area contributed by atoms with Crippen molar-refractivity contribution in [2.75, 3.05) is 27.1 Å². The topological polar surface area (TPSA) is 97.6 Å². The minimum Gasteiger partial charge on any atom is -0.492 e. The molecule has 9 nitrogen and oxygen atoms in total. The zero-order valence-electron chi connectivity index (χ0n) is 23.6. The van der Waals surface area contributed by atoms with Gasteiger partial charge in [-0.25, -0.2) is 9.79 Å². The van der Waals surface area contributed by atoms with Crippen molar-refractivity contribution in [3.05, 3.63) is 107 Å². The minimum absolute atomic E-state index is 0.0958. The van der Waals surface area contributed by atoms with E-state index in [0.717, 1.165) is 11.1 Å². The molecule has 0 N–H and O–H groups in total. The molecule has 0 spiro atoms. The van der Waals surface area contributed by atoms with E-state index in [1.807, 2.05) is 55.5 Å². The summed E-state index contributed by atoms with van der Waals surface area (Å²) in [6.45, 7) is 4.34. The molecule has 1 aromatic heterocycles. The normalized spacial score (nSPS) is 15.6. The number of hydrogen-bond donors (Lipinski definition) is 0. The number of fused-ring (bicyclic) bond motifs is 2. The van der Waals surface area contributed by atoms with Crippen molar-refractivity contribution < 1.29 is 28.5 Å². The first-order chi connectivity index (χ1) is 20.9. The highest BCUT2D eigenvalue weighted by Crippen LogP contribution is 2.40. The molecule has 3 aromatic carbocycles. The molecule has 0 radical (unpaired) electrons. The number of nitrogens with zero attached hydrogens (tertiary/aromatic N) is 2. The summed E-state index contributed by atoms with van der Waals surface area (Å²) in [6.07, 6.45) is 1.78. The molecule has 1 atom stereocenters. The summed E-state index contributed by atoms with van der Waals surface area (Å²) in [4.78, 5) is 33.2. The van der Waals surface area contributed by atoms with Crippen LogP contribution in [0.3, 0.4) is 0 Å². The zero-order valence-corrected chi connectivity index (χ0v) is 26.0. The van der Waals surface area contributed by atoms with E-state index in [9.17, 15) is 9.59 Å². The highest BCUT2D eigenvalue weighted by atomic mass is 79.9. The first-order valence-electron chi connectivity index (χ1n) is 13.6. The Hall–Kier alpha value is -4.35. The fraction of sp³-hybridized carbons (Fsp3) is 0.219. The predicted octanol–water partition coefficient (Wildman–Crippen LogP) is 4.83. The largest absolute Gasteiger partial charge is 0.492 e. The summed E-state index contributed by atoms with van der Waals surface area (Å²) in [6, 6.07) is 17.7. The third kappa shape index (κ3) is 5.34. The van der Waals surface area contributed by atoms with Gasteiger partial charge in [-0.05, 0) is 71.2 Å². The van der Waals surface area contributed by atoms with E-state index in [4.69, 9.17) is 28.7 Å². The molecule has 0 saturated carbocycles. The second kappa shape index (κ2) is 12.1. The Morgan fingerprint density at radius 1 is 1.09 bits per heavy atom. The molecule has 0 fully saturated rings. The summed E-state index contributed by atoms with van der Waals surface area (Å²) >= 11 is 4.79. The van der Waals surface area contributed by atoms with Crippen LogP contribution in [0.1, 0.15) is 36.6 Å². The Bertz CT molecular complexity index is 1930. The lowest BCUT2D eigenvalue weighted by Gasteiger charge is -2.26. The lowest BCUT2D eigenvalue weighted by atomic mass is 9.93. The first kappa shape index (κ1) is 28.8. The van der Waals surface area contributed by atoms with Gasteiger partial charge >= 0.3 is 5.97 Å². The number of halogens is 1. The number of benzene rings is 3. The van der Waals surface area contributed by atoms with Gasteiger partial charge in [0.2, 0.25) is 6.79 Å². The van der Waals surface area contributed by atoms with Crippen molar-refractivity contribution in [3.63, 3.8) is 0 Å². The third-order valence-corrected chi connectivity index (χ3v) is 8.49. The van der Waals surface area contributed by atoms with Crippen LogP contribution in [0.4, 0.5) is 0 Å². The summed E-state index contributed by atoms with van der Waals surface area (Å²) in [5.41, 5.74) is 2.53. The van der Waals surface area contributed by atoms with Gasteiger partial charge in [-0.2, -0.15) is 0 Å². The molecular formula is C32H27BrN2O7S. The predicted molar refractivity (Wildman–Crippen MR) is 165 cm³/mol. The molecule has 0 aliphatic carbocycles. The van der Waals surface area contributed by atoms with Crippen LogP contribution in [0.25, 0.3) is 11.8 Å². The number of carbonyl (C=O) groups excluding carboxylic acids is 1. The fourth-order valence-corrected chi connectivity index (χ4v) is 6.75. The second-order valence-corrected chi connectivity index (χ2v) is 11.4. The molecule has 2 aliphatic rings. The highest BCUT2D eigenvalue weighted by Gasteiger charge is 2.36. The number of rotatable bonds is 8. The van der Waals surface area contributed by atoms with Gasteiger partial charge in [0, 0.05) is 5.56 Å². The summed E-state index contributed by atoms with van der Waals surface area (Å²) in [7, 11) is 1.57. The van der Waals surface area contributed by atoms with E-state index in [1.165, 1.54) is 11.3 Å². The number of hydrogen-bond acceptors (Lipinski definition) is 9. The van der Waals surface area contributed by atoms with Gasteiger partial charge in [-0.3, -0.25) is 9.36 Å². The minimum atomic E-state index is -0.830. The van der Waals surface area contributed by atoms with Crippen molar-refractivity contribution in [3.8, 4) is 23.0 Å². The number of carbonyl (C=O) groups is 1. The van der Waals surface area contributed by atoms with Crippen LogP contribution < -0.4 is 33.8 Å². The molecule has 220 valence electrons. The Balaban J connectivity index is 1.62. The van der Waals surface area contributed by atoms with Crippen molar-refractivity contribution in [2.45, 2.75) is 19.9 Å². The molecule has 4 aromatic rings. The van der Waals surface area contributed by atoms with Crippen LogP contribution in [0.15, 0.2) is 80.5 Å². The molecule has 3 heterocycles. The number of ether oxygens (including phenoxy) is 5. The summed E-state index contributed by atoms with van der Waals surface area (Å²) < 4.78 is 30.7. The molecule has 0 bridgehead atoms.